The van der Waals surface area contributed by atoms with Crippen molar-refractivity contribution in [1.82, 2.24) is 9.47 Å². The molecule has 0 aliphatic carbocycles. The van der Waals surface area contributed by atoms with Gasteiger partial charge in [-0.2, -0.15) is 0 Å². The molecule has 0 saturated carbocycles. The van der Waals surface area contributed by atoms with E-state index in [1.165, 1.54) is 6.07 Å². The van der Waals surface area contributed by atoms with Gasteiger partial charge in [0.05, 0.1) is 23.6 Å². The van der Waals surface area contributed by atoms with Crippen molar-refractivity contribution in [3.05, 3.63) is 105 Å². The fourth-order valence-corrected chi connectivity index (χ4v) is 5.04. The van der Waals surface area contributed by atoms with Gasteiger partial charge in [-0.05, 0) is 53.4 Å². The minimum Gasteiger partial charge on any atom is -0.318 e. The summed E-state index contributed by atoms with van der Waals surface area (Å²) in [6.45, 7) is 0.407. The van der Waals surface area contributed by atoms with Crippen LogP contribution < -0.4 is 5.32 Å². The lowest BCUT2D eigenvalue weighted by Gasteiger charge is -2.30. The summed E-state index contributed by atoms with van der Waals surface area (Å²) in [7, 11) is 0. The Balaban J connectivity index is 1.61. The number of anilines is 1. The second-order valence-electron chi connectivity index (χ2n) is 7.03. The molecule has 2 aromatic heterocycles. The van der Waals surface area contributed by atoms with Gasteiger partial charge in [-0.1, -0.05) is 40.2 Å². The summed E-state index contributed by atoms with van der Waals surface area (Å²) in [5.74, 6) is -0.482. The van der Waals surface area contributed by atoms with Crippen molar-refractivity contribution in [2.45, 2.75) is 12.6 Å². The van der Waals surface area contributed by atoms with Crippen LogP contribution in [0.25, 0.3) is 5.69 Å². The molecule has 1 aliphatic heterocycles. The van der Waals surface area contributed by atoms with Gasteiger partial charge in [0.25, 0.3) is 0 Å². The summed E-state index contributed by atoms with van der Waals surface area (Å²) in [4.78, 5) is 16.3. The van der Waals surface area contributed by atoms with Crippen molar-refractivity contribution < 1.29 is 9.18 Å². The number of nitrogens with zero attached hydrogens (tertiary/aromatic N) is 2. The highest BCUT2D eigenvalue weighted by atomic mass is 79.9. The number of urea groups is 1. The molecular weight excluding hydrogens is 465 g/mol. The Kier molecular flexibility index (Phi) is 4.92. The predicted molar refractivity (Wildman–Crippen MR) is 121 cm³/mol. The third-order valence-electron chi connectivity index (χ3n) is 5.21. The molecule has 1 atom stereocenters. The van der Waals surface area contributed by atoms with E-state index in [1.807, 2.05) is 54.0 Å². The van der Waals surface area contributed by atoms with Crippen LogP contribution in [0.4, 0.5) is 14.9 Å². The topological polar surface area (TPSA) is 37.3 Å². The van der Waals surface area contributed by atoms with Crippen LogP contribution in [0.3, 0.4) is 0 Å². The van der Waals surface area contributed by atoms with Gasteiger partial charge in [-0.3, -0.25) is 0 Å². The number of halogens is 2. The third-order valence-corrected chi connectivity index (χ3v) is 6.63. The van der Waals surface area contributed by atoms with Gasteiger partial charge in [0.15, 0.2) is 0 Å². The minimum atomic E-state index is -0.482. The highest BCUT2D eigenvalue weighted by Gasteiger charge is 2.33. The number of thiophene rings is 1. The maximum absolute atomic E-state index is 14.4. The van der Waals surface area contributed by atoms with Gasteiger partial charge >= 0.3 is 6.03 Å². The normalized spacial score (nSPS) is 15.3. The average molecular weight is 482 g/mol. The lowest BCUT2D eigenvalue weighted by Crippen LogP contribution is -2.37. The zero-order chi connectivity index (χ0) is 20.7. The fourth-order valence-electron chi connectivity index (χ4n) is 3.86. The highest BCUT2D eigenvalue weighted by molar-refractivity contribution is 9.10. The van der Waals surface area contributed by atoms with E-state index in [0.29, 0.717) is 11.0 Å². The summed E-state index contributed by atoms with van der Waals surface area (Å²) in [6.07, 6.45) is 2.02. The van der Waals surface area contributed by atoms with E-state index in [9.17, 15) is 9.18 Å². The van der Waals surface area contributed by atoms with Crippen molar-refractivity contribution in [2.24, 2.45) is 0 Å². The Morgan fingerprint density at radius 1 is 1.10 bits per heavy atom. The number of nitrogens with one attached hydrogen (secondary N) is 1. The molecule has 7 heteroatoms. The van der Waals surface area contributed by atoms with Gasteiger partial charge in [0.2, 0.25) is 0 Å². The smallest absolute Gasteiger partial charge is 0.318 e. The summed E-state index contributed by atoms with van der Waals surface area (Å²) in [5, 5.41) is 4.77. The maximum atomic E-state index is 14.4. The molecule has 0 fully saturated rings. The van der Waals surface area contributed by atoms with Gasteiger partial charge in [0.1, 0.15) is 11.9 Å². The lowest BCUT2D eigenvalue weighted by atomic mass is 10.1. The molecule has 3 heterocycles. The number of fused-ring (bicyclic) bond motifs is 3. The minimum absolute atomic E-state index is 0.154. The zero-order valence-corrected chi connectivity index (χ0v) is 18.2. The SMILES string of the molecule is O=C(Nc1ccc(Br)cc1F)N1Cc2ccccc2-n2cccc2C1c1cccs1. The van der Waals surface area contributed by atoms with Crippen molar-refractivity contribution in [2.75, 3.05) is 5.32 Å². The van der Waals surface area contributed by atoms with E-state index >= 15 is 0 Å². The van der Waals surface area contributed by atoms with Crippen molar-refractivity contribution in [3.63, 3.8) is 0 Å². The quantitative estimate of drug-likeness (QED) is 0.345. The number of amides is 2. The first kappa shape index (κ1) is 19.1. The Labute approximate surface area is 185 Å². The molecule has 30 heavy (non-hydrogen) atoms. The fraction of sp³-hybridized carbons (Fsp3) is 0.0870. The predicted octanol–water partition coefficient (Wildman–Crippen LogP) is 6.58. The van der Waals surface area contributed by atoms with Crippen molar-refractivity contribution >= 4 is 39.0 Å². The first-order valence-electron chi connectivity index (χ1n) is 9.43. The Morgan fingerprint density at radius 2 is 1.97 bits per heavy atom. The zero-order valence-electron chi connectivity index (χ0n) is 15.8. The summed E-state index contributed by atoms with van der Waals surface area (Å²) in [6, 6.07) is 20.1. The monoisotopic (exact) mass is 481 g/mol. The molecule has 0 bridgehead atoms. The van der Waals surface area contributed by atoms with E-state index < -0.39 is 5.82 Å². The molecule has 0 spiro atoms. The van der Waals surface area contributed by atoms with Crippen molar-refractivity contribution in [1.29, 1.82) is 0 Å². The largest absolute Gasteiger partial charge is 0.323 e. The van der Waals surface area contributed by atoms with Gasteiger partial charge in [0, 0.05) is 15.5 Å². The number of carbonyl (C=O) groups excluding carboxylic acids is 1. The van der Waals surface area contributed by atoms with Crippen LogP contribution in [0.2, 0.25) is 0 Å². The van der Waals surface area contributed by atoms with Crippen LogP contribution in [0, 0.1) is 5.82 Å². The molecule has 0 saturated heterocycles. The van der Waals surface area contributed by atoms with Crippen molar-refractivity contribution in [3.8, 4) is 5.69 Å². The Morgan fingerprint density at radius 3 is 2.77 bits per heavy atom. The molecule has 1 unspecified atom stereocenters. The lowest BCUT2D eigenvalue weighted by molar-refractivity contribution is 0.195. The van der Waals surface area contributed by atoms with E-state index in [2.05, 4.69) is 31.9 Å². The van der Waals surface area contributed by atoms with E-state index in [4.69, 9.17) is 0 Å². The first-order chi connectivity index (χ1) is 14.6. The highest BCUT2D eigenvalue weighted by Crippen LogP contribution is 2.38. The van der Waals surface area contributed by atoms with Crippen LogP contribution in [0.5, 0.6) is 0 Å². The Bertz CT molecular complexity index is 1220. The maximum Gasteiger partial charge on any atom is 0.323 e. The number of rotatable bonds is 2. The number of hydrogen-bond acceptors (Lipinski definition) is 2. The van der Waals surface area contributed by atoms with Crippen LogP contribution >= 0.6 is 27.3 Å². The molecule has 2 aromatic carbocycles. The summed E-state index contributed by atoms with van der Waals surface area (Å²) < 4.78 is 17.1. The molecule has 4 nitrogen and oxygen atoms in total. The van der Waals surface area contributed by atoms with Crippen LogP contribution in [0.15, 0.2) is 82.8 Å². The molecular formula is C23H17BrFN3OS. The Hall–Kier alpha value is -2.90. The number of aromatic nitrogens is 1. The number of hydrogen-bond donors (Lipinski definition) is 1. The van der Waals surface area contributed by atoms with Gasteiger partial charge < -0.3 is 14.8 Å². The molecule has 4 aromatic rings. The standard InChI is InChI=1S/C23H17BrFN3OS/c24-16-9-10-18(17(25)13-16)26-23(29)28-14-15-5-1-2-6-19(15)27-11-3-7-20(27)22(28)21-8-4-12-30-21/h1-13,22H,14H2,(H,26,29). The molecule has 2 amide bonds. The van der Waals surface area contributed by atoms with E-state index in [-0.39, 0.29) is 17.8 Å². The second-order valence-corrected chi connectivity index (χ2v) is 8.93. The van der Waals surface area contributed by atoms with Gasteiger partial charge in [-0.15, -0.1) is 11.3 Å². The first-order valence-corrected chi connectivity index (χ1v) is 11.1. The van der Waals surface area contributed by atoms with E-state index in [0.717, 1.165) is 21.8 Å². The molecule has 150 valence electrons. The molecule has 5 rings (SSSR count). The van der Waals surface area contributed by atoms with E-state index in [1.54, 1.807) is 28.4 Å². The van der Waals surface area contributed by atoms with Crippen LogP contribution in [0.1, 0.15) is 22.2 Å². The average Bonchev–Trinajstić information content (AvgIpc) is 3.41. The molecule has 1 N–H and O–H groups in total. The van der Waals surface area contributed by atoms with Crippen LogP contribution in [-0.4, -0.2) is 15.5 Å². The second kappa shape index (κ2) is 7.74. The number of para-hydroxylation sites is 1. The van der Waals surface area contributed by atoms with Crippen LogP contribution in [-0.2, 0) is 6.54 Å². The summed E-state index contributed by atoms with van der Waals surface area (Å²) in [5.41, 5.74) is 3.22. The van der Waals surface area contributed by atoms with Gasteiger partial charge in [-0.25, -0.2) is 9.18 Å². The third kappa shape index (κ3) is 3.34. The molecule has 1 aliphatic rings. The summed E-state index contributed by atoms with van der Waals surface area (Å²) >= 11 is 4.85. The number of benzene rings is 2. The number of carbonyl (C=O) groups is 1. The molecule has 0 radical (unpaired) electrons.